The number of thioether (sulfide) groups is 1. The molecule has 9 heteroatoms. The molecule has 0 aliphatic carbocycles. The lowest BCUT2D eigenvalue weighted by Crippen LogP contribution is -2.37. The van der Waals surface area contributed by atoms with Crippen LogP contribution in [0.5, 0.6) is 0 Å². The van der Waals surface area contributed by atoms with Crippen LogP contribution in [0.25, 0.3) is 0 Å². The lowest BCUT2D eigenvalue weighted by Gasteiger charge is -2.13. The number of hydrogen-bond acceptors (Lipinski definition) is 6. The van der Waals surface area contributed by atoms with Crippen molar-refractivity contribution in [1.29, 1.82) is 0 Å². The summed E-state index contributed by atoms with van der Waals surface area (Å²) in [6.07, 6.45) is 6.02. The van der Waals surface area contributed by atoms with Crippen LogP contribution in [-0.2, 0) is 19.5 Å². The Morgan fingerprint density at radius 1 is 1.23 bits per heavy atom. The van der Waals surface area contributed by atoms with E-state index >= 15 is 0 Å². The number of rotatable bonds is 12. The minimum absolute atomic E-state index is 0.462. The minimum Gasteiger partial charge on any atom is -0.359 e. The predicted molar refractivity (Wildman–Crippen MR) is 123 cm³/mol. The van der Waals surface area contributed by atoms with Crippen molar-refractivity contribution < 1.29 is 4.52 Å². The van der Waals surface area contributed by atoms with E-state index in [1.54, 1.807) is 18.8 Å². The molecule has 0 saturated carbocycles. The topological polar surface area (TPSA) is 93.2 Å². The molecule has 0 fully saturated rings. The van der Waals surface area contributed by atoms with Crippen molar-refractivity contribution in [3.05, 3.63) is 23.3 Å². The summed E-state index contributed by atoms with van der Waals surface area (Å²) < 4.78 is 7.71. The van der Waals surface area contributed by atoms with E-state index in [4.69, 9.17) is 4.52 Å². The number of aromatic nitrogens is 4. The molecule has 2 heterocycles. The molecule has 2 rings (SSSR count). The van der Waals surface area contributed by atoms with Crippen LogP contribution in [0.3, 0.4) is 0 Å². The van der Waals surface area contributed by atoms with Gasteiger partial charge in [0.25, 0.3) is 0 Å². The van der Waals surface area contributed by atoms with Gasteiger partial charge in [0.2, 0.25) is 0 Å². The van der Waals surface area contributed by atoms with Gasteiger partial charge < -0.3 is 19.7 Å². The Morgan fingerprint density at radius 2 is 2.00 bits per heavy atom. The highest BCUT2D eigenvalue weighted by atomic mass is 32.2. The summed E-state index contributed by atoms with van der Waals surface area (Å²) in [6.45, 7) is 11.1. The number of nitrogens with zero attached hydrogens (tertiary/aromatic N) is 5. The maximum absolute atomic E-state index is 5.47. The van der Waals surface area contributed by atoms with Gasteiger partial charge in [-0.2, -0.15) is 0 Å². The van der Waals surface area contributed by atoms with E-state index in [9.17, 15) is 0 Å². The lowest BCUT2D eigenvalue weighted by molar-refractivity contribution is 0.368. The second-order valence-electron chi connectivity index (χ2n) is 7.79. The van der Waals surface area contributed by atoms with Gasteiger partial charge in [-0.05, 0) is 31.4 Å². The molecule has 0 aliphatic heterocycles. The fourth-order valence-electron chi connectivity index (χ4n) is 3.36. The highest BCUT2D eigenvalue weighted by Crippen LogP contribution is 2.22. The Labute approximate surface area is 184 Å². The highest BCUT2D eigenvalue weighted by molar-refractivity contribution is 7.98. The first-order valence-corrected chi connectivity index (χ1v) is 12.1. The van der Waals surface area contributed by atoms with Crippen LogP contribution >= 0.6 is 11.8 Å². The fraction of sp³-hybridized carbons (Fsp3) is 0.714. The molecule has 0 radical (unpaired) electrons. The van der Waals surface area contributed by atoms with E-state index in [1.165, 1.54) is 0 Å². The van der Waals surface area contributed by atoms with Crippen molar-refractivity contribution in [2.75, 3.05) is 19.8 Å². The zero-order valence-electron chi connectivity index (χ0n) is 19.2. The molecule has 0 aliphatic rings. The quantitative estimate of drug-likeness (QED) is 0.226. The van der Waals surface area contributed by atoms with Crippen LogP contribution in [0, 0.1) is 5.92 Å². The second-order valence-corrected chi connectivity index (χ2v) is 8.57. The molecule has 0 amide bonds. The van der Waals surface area contributed by atoms with Gasteiger partial charge >= 0.3 is 0 Å². The molecule has 0 bridgehead atoms. The minimum atomic E-state index is 0.462. The lowest BCUT2D eigenvalue weighted by atomic mass is 9.99. The van der Waals surface area contributed by atoms with E-state index in [0.717, 1.165) is 67.2 Å². The summed E-state index contributed by atoms with van der Waals surface area (Å²) in [7, 11) is 1.77. The average molecular weight is 436 g/mol. The Bertz CT molecular complexity index is 780. The Kier molecular flexibility index (Phi) is 10.2. The van der Waals surface area contributed by atoms with Crippen LogP contribution in [0.4, 0.5) is 0 Å². The number of nitrogens with one attached hydrogen (secondary N) is 2. The van der Waals surface area contributed by atoms with Gasteiger partial charge in [0, 0.05) is 38.5 Å². The molecule has 0 aromatic carbocycles. The van der Waals surface area contributed by atoms with Crippen LogP contribution in [-0.4, -0.2) is 45.7 Å². The van der Waals surface area contributed by atoms with Crippen molar-refractivity contribution >= 4 is 17.7 Å². The van der Waals surface area contributed by atoms with Crippen molar-refractivity contribution in [1.82, 2.24) is 30.6 Å². The summed E-state index contributed by atoms with van der Waals surface area (Å²) >= 11 is 1.65. The van der Waals surface area contributed by atoms with Crippen molar-refractivity contribution in [3.63, 3.8) is 0 Å². The molecule has 2 aromatic rings. The largest absolute Gasteiger partial charge is 0.359 e. The first-order chi connectivity index (χ1) is 14.5. The zero-order valence-corrected chi connectivity index (χ0v) is 20.1. The molecular weight excluding hydrogens is 398 g/mol. The SMILES string of the molecule is CCC(CC)c1cc(CNC(=NC)NCCCc2nnc(SC)n2CC(C)C)on1. The van der Waals surface area contributed by atoms with Crippen LogP contribution in [0.2, 0.25) is 0 Å². The Hall–Kier alpha value is -2.03. The third kappa shape index (κ3) is 7.04. The van der Waals surface area contributed by atoms with E-state index in [2.05, 4.69) is 63.2 Å². The Balaban J connectivity index is 1.78. The fourth-order valence-corrected chi connectivity index (χ4v) is 3.88. The Morgan fingerprint density at radius 3 is 2.63 bits per heavy atom. The predicted octanol–water partition coefficient (Wildman–Crippen LogP) is 3.85. The molecule has 0 saturated heterocycles. The first-order valence-electron chi connectivity index (χ1n) is 10.9. The summed E-state index contributed by atoms with van der Waals surface area (Å²) in [5, 5.41) is 20.5. The molecule has 0 unspecified atom stereocenters. The summed E-state index contributed by atoms with van der Waals surface area (Å²) in [5.74, 6) is 3.65. The maximum atomic E-state index is 5.47. The normalized spacial score (nSPS) is 12.2. The van der Waals surface area contributed by atoms with Crippen molar-refractivity contribution in [2.24, 2.45) is 10.9 Å². The highest BCUT2D eigenvalue weighted by Gasteiger charge is 2.14. The zero-order chi connectivity index (χ0) is 21.9. The molecule has 0 atom stereocenters. The van der Waals surface area contributed by atoms with Crippen LogP contribution < -0.4 is 10.6 Å². The molecule has 0 spiro atoms. The van der Waals surface area contributed by atoms with Crippen LogP contribution in [0.15, 0.2) is 20.7 Å². The summed E-state index contributed by atoms with van der Waals surface area (Å²) in [4.78, 5) is 4.29. The maximum Gasteiger partial charge on any atom is 0.191 e. The average Bonchev–Trinajstić information content (AvgIpc) is 3.35. The monoisotopic (exact) mass is 435 g/mol. The molecule has 168 valence electrons. The number of aryl methyl sites for hydroxylation is 1. The van der Waals surface area contributed by atoms with E-state index in [-0.39, 0.29) is 0 Å². The van der Waals surface area contributed by atoms with Gasteiger partial charge in [-0.1, -0.05) is 44.6 Å². The molecular formula is C21H37N7OS. The third-order valence-corrected chi connectivity index (χ3v) is 5.70. The molecule has 2 aromatic heterocycles. The smallest absolute Gasteiger partial charge is 0.191 e. The van der Waals surface area contributed by atoms with Crippen molar-refractivity contribution in [2.45, 2.75) is 77.5 Å². The second kappa shape index (κ2) is 12.6. The number of guanidine groups is 1. The summed E-state index contributed by atoms with van der Waals surface area (Å²) in [5.41, 5.74) is 1.04. The van der Waals surface area contributed by atoms with Crippen molar-refractivity contribution in [3.8, 4) is 0 Å². The molecule has 2 N–H and O–H groups in total. The number of aliphatic imine (C=N–C) groups is 1. The van der Waals surface area contributed by atoms with Gasteiger partial charge in [0.15, 0.2) is 16.9 Å². The van der Waals surface area contributed by atoms with Gasteiger partial charge in [-0.25, -0.2) is 0 Å². The first kappa shape index (κ1) is 24.2. The van der Waals surface area contributed by atoms with Gasteiger partial charge in [-0.3, -0.25) is 4.99 Å². The number of hydrogen-bond donors (Lipinski definition) is 2. The summed E-state index contributed by atoms with van der Waals surface area (Å²) in [6, 6.07) is 2.04. The van der Waals surface area contributed by atoms with E-state index in [1.807, 2.05) is 12.3 Å². The third-order valence-electron chi connectivity index (χ3n) is 5.03. The van der Waals surface area contributed by atoms with Gasteiger partial charge in [0.1, 0.15) is 5.82 Å². The molecule has 8 nitrogen and oxygen atoms in total. The van der Waals surface area contributed by atoms with E-state index < -0.39 is 0 Å². The standard InChI is InChI=1S/C21H37N7OS/c1-7-16(8-2)18-12-17(29-27-18)13-24-20(22-5)23-11-9-10-19-25-26-21(30-6)28(19)14-15(3)4/h12,15-16H,7-11,13-14H2,1-6H3,(H2,22,23,24). The van der Waals surface area contributed by atoms with Gasteiger partial charge in [-0.15, -0.1) is 10.2 Å². The van der Waals surface area contributed by atoms with Gasteiger partial charge in [0.05, 0.1) is 12.2 Å². The van der Waals surface area contributed by atoms with E-state index in [0.29, 0.717) is 18.4 Å². The van der Waals surface area contributed by atoms with Crippen LogP contribution in [0.1, 0.15) is 70.2 Å². The molecule has 30 heavy (non-hydrogen) atoms.